The van der Waals surface area contributed by atoms with Gasteiger partial charge in [0.15, 0.2) is 5.75 Å². The number of hydrogen-bond donors (Lipinski definition) is 0. The highest BCUT2D eigenvalue weighted by Gasteiger charge is 2.44. The molecule has 0 aliphatic rings. The second-order valence-corrected chi connectivity index (χ2v) is 6.46. The van der Waals surface area contributed by atoms with Gasteiger partial charge in [0.1, 0.15) is 6.04 Å². The Balaban J connectivity index is 2.28. The predicted octanol–water partition coefficient (Wildman–Crippen LogP) is 5.13. The van der Waals surface area contributed by atoms with Gasteiger partial charge in [-0.3, -0.25) is 0 Å². The van der Waals surface area contributed by atoms with Crippen molar-refractivity contribution in [1.82, 2.24) is 9.29 Å². The fourth-order valence-electron chi connectivity index (χ4n) is 2.07. The van der Waals surface area contributed by atoms with Crippen LogP contribution in [0.15, 0.2) is 41.4 Å². The molecule has 1 atom stereocenters. The van der Waals surface area contributed by atoms with Crippen LogP contribution in [0, 0.1) is 5.95 Å². The Morgan fingerprint density at radius 1 is 1.25 bits per heavy atom. The maximum atomic E-state index is 13.5. The summed E-state index contributed by atoms with van der Waals surface area (Å²) in [6.45, 7) is 0. The van der Waals surface area contributed by atoms with E-state index >= 15 is 0 Å². The Labute approximate surface area is 145 Å². The lowest BCUT2D eigenvalue weighted by Crippen LogP contribution is -2.31. The highest BCUT2D eigenvalue weighted by atomic mass is 35.5. The predicted molar refractivity (Wildman–Crippen MR) is 84.6 cm³/mol. The van der Waals surface area contributed by atoms with E-state index in [1.807, 2.05) is 0 Å². The smallest absolute Gasteiger partial charge is 0.408 e. The van der Waals surface area contributed by atoms with E-state index in [1.165, 1.54) is 44.5 Å². The molecular formula is C15H13ClF4N2OS. The van der Waals surface area contributed by atoms with Gasteiger partial charge in [0.25, 0.3) is 5.95 Å². The van der Waals surface area contributed by atoms with Gasteiger partial charge in [-0.2, -0.15) is 17.6 Å². The van der Waals surface area contributed by atoms with Crippen molar-refractivity contribution in [2.24, 2.45) is 0 Å². The number of pyridine rings is 1. The lowest BCUT2D eigenvalue weighted by atomic mass is 10.1. The third-order valence-corrected chi connectivity index (χ3v) is 4.30. The fraction of sp³-hybridized carbons (Fsp3) is 0.267. The first-order chi connectivity index (χ1) is 11.2. The van der Waals surface area contributed by atoms with Crippen LogP contribution in [0.2, 0.25) is 5.02 Å². The summed E-state index contributed by atoms with van der Waals surface area (Å²) in [5, 5.41) is 0.349. The molecule has 130 valence electrons. The Morgan fingerprint density at radius 2 is 1.88 bits per heavy atom. The molecule has 3 nitrogen and oxygen atoms in total. The summed E-state index contributed by atoms with van der Waals surface area (Å²) in [5.41, 5.74) is 0.0453. The van der Waals surface area contributed by atoms with Crippen LogP contribution in [0.3, 0.4) is 0 Å². The summed E-state index contributed by atoms with van der Waals surface area (Å²) < 4.78 is 59.6. The van der Waals surface area contributed by atoms with Gasteiger partial charge in [0, 0.05) is 22.2 Å². The molecule has 2 rings (SSSR count). The Bertz CT molecular complexity index is 697. The lowest BCUT2D eigenvalue weighted by molar-refractivity contribution is -0.169. The zero-order valence-electron chi connectivity index (χ0n) is 12.6. The second-order valence-electron chi connectivity index (χ2n) is 4.80. The van der Waals surface area contributed by atoms with E-state index in [9.17, 15) is 17.6 Å². The van der Waals surface area contributed by atoms with Crippen molar-refractivity contribution in [3.05, 3.63) is 53.1 Å². The average molecular weight is 381 g/mol. The van der Waals surface area contributed by atoms with Crippen molar-refractivity contribution in [2.45, 2.75) is 17.1 Å². The molecule has 0 spiro atoms. The molecule has 0 bridgehead atoms. The van der Waals surface area contributed by atoms with Crippen LogP contribution >= 0.6 is 23.5 Å². The van der Waals surface area contributed by atoms with E-state index in [1.54, 1.807) is 0 Å². The van der Waals surface area contributed by atoms with Crippen molar-refractivity contribution in [3.8, 4) is 5.75 Å². The number of aromatic nitrogens is 1. The first-order valence-electron chi connectivity index (χ1n) is 6.65. The Morgan fingerprint density at radius 3 is 2.42 bits per heavy atom. The van der Waals surface area contributed by atoms with Gasteiger partial charge in [-0.25, -0.2) is 9.29 Å². The third-order valence-electron chi connectivity index (χ3n) is 3.11. The normalized spacial score (nSPS) is 13.2. The molecule has 1 aromatic heterocycles. The molecule has 9 heteroatoms. The number of rotatable bonds is 5. The van der Waals surface area contributed by atoms with E-state index in [0.29, 0.717) is 9.92 Å². The van der Waals surface area contributed by atoms with Gasteiger partial charge >= 0.3 is 6.18 Å². The molecule has 0 N–H and O–H groups in total. The lowest BCUT2D eigenvalue weighted by Gasteiger charge is -2.29. The SMILES string of the molecule is COc1cc(SN(C)[C@H](c2ccc(Cl)cc2)C(F)(F)F)cnc1F. The molecule has 0 fully saturated rings. The van der Waals surface area contributed by atoms with Crippen molar-refractivity contribution in [3.63, 3.8) is 0 Å². The summed E-state index contributed by atoms with van der Waals surface area (Å²) in [4.78, 5) is 3.79. The summed E-state index contributed by atoms with van der Waals surface area (Å²) in [6.07, 6.45) is -3.36. The molecule has 0 amide bonds. The molecule has 24 heavy (non-hydrogen) atoms. The van der Waals surface area contributed by atoms with Crippen LogP contribution < -0.4 is 4.74 Å². The number of halogens is 5. The van der Waals surface area contributed by atoms with E-state index in [0.717, 1.165) is 22.4 Å². The van der Waals surface area contributed by atoms with Crippen molar-refractivity contribution in [1.29, 1.82) is 0 Å². The molecule has 1 aromatic carbocycles. The van der Waals surface area contributed by atoms with Crippen LogP contribution in [0.4, 0.5) is 17.6 Å². The van der Waals surface area contributed by atoms with Gasteiger partial charge in [-0.05, 0) is 36.7 Å². The fourth-order valence-corrected chi connectivity index (χ4v) is 3.14. The maximum Gasteiger partial charge on any atom is 0.408 e. The van der Waals surface area contributed by atoms with Gasteiger partial charge in [0.2, 0.25) is 0 Å². The number of benzene rings is 1. The van der Waals surface area contributed by atoms with Crippen LogP contribution in [0.1, 0.15) is 11.6 Å². The van der Waals surface area contributed by atoms with E-state index in [2.05, 4.69) is 4.98 Å². The highest BCUT2D eigenvalue weighted by Crippen LogP contribution is 2.42. The maximum absolute atomic E-state index is 13.5. The van der Waals surface area contributed by atoms with Crippen LogP contribution in [0.25, 0.3) is 0 Å². The highest BCUT2D eigenvalue weighted by molar-refractivity contribution is 7.97. The molecule has 0 unspecified atom stereocenters. The zero-order chi connectivity index (χ0) is 17.9. The quantitative estimate of drug-likeness (QED) is 0.408. The van der Waals surface area contributed by atoms with Crippen molar-refractivity contribution in [2.75, 3.05) is 14.2 Å². The first-order valence-corrected chi connectivity index (χ1v) is 7.80. The van der Waals surface area contributed by atoms with Crippen molar-refractivity contribution < 1.29 is 22.3 Å². The molecule has 0 aliphatic heterocycles. The third kappa shape index (κ3) is 4.52. The van der Waals surface area contributed by atoms with Gasteiger partial charge in [0.05, 0.1) is 7.11 Å². The molecular weight excluding hydrogens is 368 g/mol. The summed E-state index contributed by atoms with van der Waals surface area (Å²) in [7, 11) is 2.55. The number of nitrogens with zero attached hydrogens (tertiary/aromatic N) is 2. The second kappa shape index (κ2) is 7.58. The van der Waals surface area contributed by atoms with Gasteiger partial charge in [-0.1, -0.05) is 23.7 Å². The van der Waals surface area contributed by atoms with E-state index in [-0.39, 0.29) is 11.3 Å². The number of methoxy groups -OCH3 is 1. The monoisotopic (exact) mass is 380 g/mol. The molecule has 2 aromatic rings. The number of hydrogen-bond acceptors (Lipinski definition) is 4. The molecule has 1 heterocycles. The van der Waals surface area contributed by atoms with Crippen LogP contribution in [0.5, 0.6) is 5.75 Å². The number of ether oxygens (including phenoxy) is 1. The largest absolute Gasteiger partial charge is 0.492 e. The molecule has 0 radical (unpaired) electrons. The van der Waals surface area contributed by atoms with Gasteiger partial charge in [-0.15, -0.1) is 0 Å². The summed E-state index contributed by atoms with van der Waals surface area (Å²) >= 11 is 6.52. The van der Waals surface area contributed by atoms with Gasteiger partial charge < -0.3 is 4.74 Å². The van der Waals surface area contributed by atoms with Crippen LogP contribution in [-0.4, -0.2) is 29.6 Å². The van der Waals surface area contributed by atoms with E-state index < -0.39 is 18.2 Å². The average Bonchev–Trinajstić information content (AvgIpc) is 2.50. The minimum Gasteiger partial charge on any atom is -0.492 e. The molecule has 0 saturated heterocycles. The number of alkyl halides is 3. The minimum absolute atomic E-state index is 0.0453. The first kappa shape index (κ1) is 18.8. The molecule has 0 saturated carbocycles. The minimum atomic E-state index is -4.51. The standard InChI is InChI=1S/C15H13ClF4N2OS/c1-22(24-11-7-12(23-2)14(17)21-8-11)13(15(18,19)20)9-3-5-10(16)6-4-9/h3-8,13H,1-2H3/t13-/m1/s1. The Kier molecular flexibility index (Phi) is 5.95. The summed E-state index contributed by atoms with van der Waals surface area (Å²) in [5.74, 6) is -0.960. The topological polar surface area (TPSA) is 25.4 Å². The van der Waals surface area contributed by atoms with Crippen molar-refractivity contribution >= 4 is 23.5 Å². The summed E-state index contributed by atoms with van der Waals surface area (Å²) in [6, 6.07) is 4.87. The molecule has 0 aliphatic carbocycles. The van der Waals surface area contributed by atoms with Crippen LogP contribution in [-0.2, 0) is 0 Å². The zero-order valence-corrected chi connectivity index (χ0v) is 14.2. The Hall–Kier alpha value is -1.51. The van der Waals surface area contributed by atoms with E-state index in [4.69, 9.17) is 16.3 Å².